The first-order valence-corrected chi connectivity index (χ1v) is 5.07. The van der Waals surface area contributed by atoms with Gasteiger partial charge in [0, 0.05) is 5.56 Å². The molecule has 0 aliphatic rings. The summed E-state index contributed by atoms with van der Waals surface area (Å²) in [4.78, 5) is 11.3. The second-order valence-electron chi connectivity index (χ2n) is 3.18. The Kier molecular flexibility index (Phi) is 4.51. The molecule has 0 spiro atoms. The summed E-state index contributed by atoms with van der Waals surface area (Å²) < 4.78 is 22.9. The number of carbonyl (C=O) groups excluding carboxylic acids is 1. The van der Waals surface area contributed by atoms with Crippen LogP contribution >= 0.6 is 0 Å². The molecule has 0 fully saturated rings. The van der Waals surface area contributed by atoms with E-state index in [9.17, 15) is 9.18 Å². The van der Waals surface area contributed by atoms with Gasteiger partial charge in [0.05, 0.1) is 13.7 Å². The van der Waals surface area contributed by atoms with Gasteiger partial charge in [0.15, 0.2) is 11.6 Å². The van der Waals surface area contributed by atoms with E-state index in [0.29, 0.717) is 5.56 Å². The van der Waals surface area contributed by atoms with Gasteiger partial charge in [0.1, 0.15) is 5.70 Å². The highest BCUT2D eigenvalue weighted by Crippen LogP contribution is 2.23. The maximum Gasteiger partial charge on any atom is 0.354 e. The Morgan fingerprint density at radius 3 is 2.82 bits per heavy atom. The molecule has 5 heteroatoms. The third-order valence-electron chi connectivity index (χ3n) is 2.02. The lowest BCUT2D eigenvalue weighted by atomic mass is 10.1. The van der Waals surface area contributed by atoms with Gasteiger partial charge in [-0.3, -0.25) is 0 Å². The molecular formula is C12H14FNO3. The fourth-order valence-corrected chi connectivity index (χ4v) is 1.30. The molecule has 0 saturated carbocycles. The number of carbonyl (C=O) groups is 1. The number of methoxy groups -OCH3 is 1. The van der Waals surface area contributed by atoms with Crippen LogP contribution in [0.4, 0.5) is 4.39 Å². The van der Waals surface area contributed by atoms with E-state index >= 15 is 0 Å². The van der Waals surface area contributed by atoms with Crippen LogP contribution in [-0.4, -0.2) is 19.7 Å². The lowest BCUT2D eigenvalue weighted by Crippen LogP contribution is -2.14. The molecule has 0 atom stereocenters. The first-order valence-electron chi connectivity index (χ1n) is 5.07. The number of ether oxygens (including phenoxy) is 2. The zero-order valence-electron chi connectivity index (χ0n) is 9.70. The maximum atomic E-state index is 13.3. The molecular weight excluding hydrogens is 225 g/mol. The summed E-state index contributed by atoms with van der Waals surface area (Å²) >= 11 is 0. The molecule has 1 aromatic carbocycles. The SMILES string of the molecule is CCOC(=O)/C(N)=C/c1cccc(F)c1OC. The van der Waals surface area contributed by atoms with Crippen molar-refractivity contribution in [2.75, 3.05) is 13.7 Å². The summed E-state index contributed by atoms with van der Waals surface area (Å²) in [6, 6.07) is 4.35. The van der Waals surface area contributed by atoms with Gasteiger partial charge in [-0.2, -0.15) is 0 Å². The standard InChI is InChI=1S/C12H14FNO3/c1-3-17-12(15)10(14)7-8-5-4-6-9(13)11(8)16-2/h4-7H,3,14H2,1-2H3/b10-7-. The Labute approximate surface area is 98.8 Å². The van der Waals surface area contributed by atoms with E-state index < -0.39 is 11.8 Å². The third kappa shape index (κ3) is 3.21. The minimum absolute atomic E-state index is 0.0414. The van der Waals surface area contributed by atoms with Crippen LogP contribution in [0.1, 0.15) is 12.5 Å². The number of benzene rings is 1. The lowest BCUT2D eigenvalue weighted by molar-refractivity contribution is -0.138. The number of hydrogen-bond acceptors (Lipinski definition) is 4. The molecule has 0 aliphatic heterocycles. The van der Waals surface area contributed by atoms with E-state index in [2.05, 4.69) is 0 Å². The second kappa shape index (κ2) is 5.89. The van der Waals surface area contributed by atoms with Crippen molar-refractivity contribution in [3.63, 3.8) is 0 Å². The molecule has 0 radical (unpaired) electrons. The van der Waals surface area contributed by atoms with Crippen LogP contribution in [0.3, 0.4) is 0 Å². The van der Waals surface area contributed by atoms with Crippen molar-refractivity contribution < 1.29 is 18.7 Å². The van der Waals surface area contributed by atoms with Gasteiger partial charge in [-0.1, -0.05) is 12.1 Å². The molecule has 4 nitrogen and oxygen atoms in total. The zero-order valence-corrected chi connectivity index (χ0v) is 9.70. The summed E-state index contributed by atoms with van der Waals surface area (Å²) in [7, 11) is 1.34. The van der Waals surface area contributed by atoms with E-state index in [4.69, 9.17) is 15.2 Å². The summed E-state index contributed by atoms with van der Waals surface area (Å²) in [5.74, 6) is -1.11. The largest absolute Gasteiger partial charge is 0.493 e. The van der Waals surface area contributed by atoms with Crippen molar-refractivity contribution in [3.05, 3.63) is 35.3 Å². The Bertz CT molecular complexity index is 443. The number of rotatable bonds is 4. The summed E-state index contributed by atoms with van der Waals surface area (Å²) in [5.41, 5.74) is 5.80. The molecule has 0 heterocycles. The van der Waals surface area contributed by atoms with Crippen LogP contribution in [-0.2, 0) is 9.53 Å². The topological polar surface area (TPSA) is 61.5 Å². The molecule has 0 aliphatic carbocycles. The van der Waals surface area contributed by atoms with Gasteiger partial charge < -0.3 is 15.2 Å². The molecule has 0 saturated heterocycles. The van der Waals surface area contributed by atoms with Crippen molar-refractivity contribution in [2.45, 2.75) is 6.92 Å². The number of esters is 1. The number of para-hydroxylation sites is 1. The highest BCUT2D eigenvalue weighted by molar-refractivity contribution is 5.93. The average molecular weight is 239 g/mol. The fourth-order valence-electron chi connectivity index (χ4n) is 1.30. The Hall–Kier alpha value is -2.04. The Morgan fingerprint density at radius 1 is 1.53 bits per heavy atom. The smallest absolute Gasteiger partial charge is 0.354 e. The van der Waals surface area contributed by atoms with Gasteiger partial charge in [-0.25, -0.2) is 9.18 Å². The predicted octanol–water partition coefficient (Wildman–Crippen LogP) is 1.70. The maximum absolute atomic E-state index is 13.3. The summed E-state index contributed by atoms with van der Waals surface area (Å²) in [5, 5.41) is 0. The van der Waals surface area contributed by atoms with Crippen molar-refractivity contribution in [1.29, 1.82) is 0 Å². The van der Waals surface area contributed by atoms with Crippen LogP contribution in [0.25, 0.3) is 6.08 Å². The van der Waals surface area contributed by atoms with Crippen molar-refractivity contribution in [1.82, 2.24) is 0 Å². The van der Waals surface area contributed by atoms with Crippen LogP contribution < -0.4 is 10.5 Å². The average Bonchev–Trinajstić information content (AvgIpc) is 2.29. The predicted molar refractivity (Wildman–Crippen MR) is 61.7 cm³/mol. The molecule has 92 valence electrons. The first-order chi connectivity index (χ1) is 8.10. The van der Waals surface area contributed by atoms with E-state index in [1.54, 1.807) is 13.0 Å². The van der Waals surface area contributed by atoms with Crippen LogP contribution in [0.2, 0.25) is 0 Å². The van der Waals surface area contributed by atoms with Crippen molar-refractivity contribution in [2.24, 2.45) is 5.73 Å². The lowest BCUT2D eigenvalue weighted by Gasteiger charge is -2.07. The van der Waals surface area contributed by atoms with E-state index in [-0.39, 0.29) is 18.1 Å². The van der Waals surface area contributed by atoms with Crippen LogP contribution in [0.15, 0.2) is 23.9 Å². The molecule has 2 N–H and O–H groups in total. The number of nitrogens with two attached hydrogens (primary N) is 1. The van der Waals surface area contributed by atoms with Crippen molar-refractivity contribution >= 4 is 12.0 Å². The van der Waals surface area contributed by atoms with Gasteiger partial charge in [-0.05, 0) is 19.1 Å². The molecule has 0 bridgehead atoms. The van der Waals surface area contributed by atoms with Crippen molar-refractivity contribution in [3.8, 4) is 5.75 Å². The number of hydrogen-bond donors (Lipinski definition) is 1. The molecule has 1 rings (SSSR count). The molecule has 17 heavy (non-hydrogen) atoms. The Balaban J connectivity index is 3.05. The van der Waals surface area contributed by atoms with Crippen LogP contribution in [0, 0.1) is 5.82 Å². The van der Waals surface area contributed by atoms with E-state index in [1.165, 1.54) is 25.3 Å². The van der Waals surface area contributed by atoms with Gasteiger partial charge in [0.25, 0.3) is 0 Å². The zero-order chi connectivity index (χ0) is 12.8. The van der Waals surface area contributed by atoms with E-state index in [1.807, 2.05) is 0 Å². The molecule has 1 aromatic rings. The summed E-state index contributed by atoms with van der Waals surface area (Å²) in [6.45, 7) is 1.90. The normalized spacial score (nSPS) is 11.1. The first kappa shape index (κ1) is 13.0. The van der Waals surface area contributed by atoms with Crippen LogP contribution in [0.5, 0.6) is 5.75 Å². The fraction of sp³-hybridized carbons (Fsp3) is 0.250. The quantitative estimate of drug-likeness (QED) is 0.641. The highest BCUT2D eigenvalue weighted by Gasteiger charge is 2.10. The van der Waals surface area contributed by atoms with Gasteiger partial charge in [0.2, 0.25) is 0 Å². The minimum Gasteiger partial charge on any atom is -0.493 e. The van der Waals surface area contributed by atoms with Gasteiger partial charge in [-0.15, -0.1) is 0 Å². The molecule has 0 amide bonds. The molecule has 0 aromatic heterocycles. The summed E-state index contributed by atoms with van der Waals surface area (Å²) in [6.07, 6.45) is 1.32. The van der Waals surface area contributed by atoms with E-state index in [0.717, 1.165) is 0 Å². The highest BCUT2D eigenvalue weighted by atomic mass is 19.1. The van der Waals surface area contributed by atoms with Gasteiger partial charge >= 0.3 is 5.97 Å². The Morgan fingerprint density at radius 2 is 2.24 bits per heavy atom. The third-order valence-corrected chi connectivity index (χ3v) is 2.02. The minimum atomic E-state index is -0.640. The molecule has 0 unspecified atom stereocenters. The second-order valence-corrected chi connectivity index (χ2v) is 3.18. The number of halogens is 1. The monoisotopic (exact) mass is 239 g/mol.